The molecule has 18 heavy (non-hydrogen) atoms. The maximum atomic E-state index is 9.25. The molecular weight excluding hydrogens is 246 g/mol. The molecule has 98 valence electrons. The fourth-order valence-corrected chi connectivity index (χ4v) is 2.66. The molecule has 2 aromatic rings. The summed E-state index contributed by atoms with van der Waals surface area (Å²) in [5.41, 5.74) is 2.08. The van der Waals surface area contributed by atoms with Gasteiger partial charge in [0.05, 0.1) is 12.9 Å². The van der Waals surface area contributed by atoms with Crippen molar-refractivity contribution in [3.8, 4) is 0 Å². The van der Waals surface area contributed by atoms with Gasteiger partial charge in [-0.3, -0.25) is 0 Å². The van der Waals surface area contributed by atoms with Crippen molar-refractivity contribution in [2.45, 2.75) is 24.8 Å². The molecule has 2 rings (SSSR count). The molecule has 1 aromatic heterocycles. The van der Waals surface area contributed by atoms with Crippen LogP contribution in [-0.4, -0.2) is 29.3 Å². The highest BCUT2D eigenvalue weighted by molar-refractivity contribution is 7.99. The van der Waals surface area contributed by atoms with E-state index in [1.54, 1.807) is 18.0 Å². The first-order valence-corrected chi connectivity index (χ1v) is 7.37. The zero-order valence-electron chi connectivity index (χ0n) is 10.7. The van der Waals surface area contributed by atoms with Gasteiger partial charge in [-0.1, -0.05) is 18.2 Å². The summed E-state index contributed by atoms with van der Waals surface area (Å²) in [7, 11) is 0. The number of furan rings is 1. The Bertz CT molecular complexity index is 493. The van der Waals surface area contributed by atoms with Gasteiger partial charge in [-0.2, -0.15) is 11.8 Å². The lowest BCUT2D eigenvalue weighted by Crippen LogP contribution is -2.36. The molecule has 1 aromatic carbocycles. The first-order chi connectivity index (χ1) is 8.76. The maximum absolute atomic E-state index is 9.25. The Hall–Kier alpha value is -0.970. The molecule has 3 nitrogen and oxygen atoms in total. The average molecular weight is 265 g/mol. The minimum Gasteiger partial charge on any atom is -0.464 e. The second kappa shape index (κ2) is 6.27. The molecule has 2 N–H and O–H groups in total. The van der Waals surface area contributed by atoms with E-state index in [0.29, 0.717) is 0 Å². The van der Waals surface area contributed by atoms with Crippen molar-refractivity contribution < 1.29 is 9.52 Å². The number of fused-ring (bicyclic) bond motifs is 1. The summed E-state index contributed by atoms with van der Waals surface area (Å²) in [5.74, 6) is 0. The van der Waals surface area contributed by atoms with E-state index in [4.69, 9.17) is 4.42 Å². The van der Waals surface area contributed by atoms with Crippen molar-refractivity contribution in [3.05, 3.63) is 36.1 Å². The first kappa shape index (κ1) is 13.5. The lowest BCUT2D eigenvalue weighted by atomic mass is 10.1. The molecule has 0 aliphatic rings. The molecule has 2 unspecified atom stereocenters. The lowest BCUT2D eigenvalue weighted by molar-refractivity contribution is 0.276. The van der Waals surface area contributed by atoms with E-state index in [9.17, 15) is 5.11 Å². The number of thioether (sulfide) groups is 1. The Balaban J connectivity index is 2.02. The van der Waals surface area contributed by atoms with Crippen LogP contribution in [0.1, 0.15) is 12.5 Å². The molecule has 0 radical (unpaired) electrons. The molecule has 0 fully saturated rings. The summed E-state index contributed by atoms with van der Waals surface area (Å²) in [6, 6.07) is 8.29. The molecule has 0 aliphatic carbocycles. The van der Waals surface area contributed by atoms with Crippen LogP contribution >= 0.6 is 11.8 Å². The summed E-state index contributed by atoms with van der Waals surface area (Å²) >= 11 is 1.68. The second-order valence-electron chi connectivity index (χ2n) is 4.38. The predicted octanol–water partition coefficient (Wildman–Crippen LogP) is 2.63. The van der Waals surface area contributed by atoms with Crippen molar-refractivity contribution in [1.82, 2.24) is 5.32 Å². The van der Waals surface area contributed by atoms with Gasteiger partial charge in [0, 0.05) is 28.8 Å². The molecule has 0 spiro atoms. The Morgan fingerprint density at radius 2 is 2.17 bits per heavy atom. The molecule has 2 atom stereocenters. The third-order valence-corrected chi connectivity index (χ3v) is 4.38. The van der Waals surface area contributed by atoms with E-state index in [0.717, 1.165) is 23.1 Å². The molecule has 0 saturated carbocycles. The van der Waals surface area contributed by atoms with Gasteiger partial charge in [-0.05, 0) is 19.2 Å². The highest BCUT2D eigenvalue weighted by Gasteiger charge is 2.15. The van der Waals surface area contributed by atoms with Crippen molar-refractivity contribution in [3.63, 3.8) is 0 Å². The molecule has 0 bridgehead atoms. The lowest BCUT2D eigenvalue weighted by Gasteiger charge is -2.21. The first-order valence-electron chi connectivity index (χ1n) is 6.08. The summed E-state index contributed by atoms with van der Waals surface area (Å²) in [6.07, 6.45) is 3.82. The highest BCUT2D eigenvalue weighted by atomic mass is 32.2. The van der Waals surface area contributed by atoms with Gasteiger partial charge >= 0.3 is 0 Å². The Morgan fingerprint density at radius 1 is 1.39 bits per heavy atom. The van der Waals surface area contributed by atoms with Gasteiger partial charge in [-0.25, -0.2) is 0 Å². The molecule has 0 amide bonds. The summed E-state index contributed by atoms with van der Waals surface area (Å²) < 4.78 is 5.50. The van der Waals surface area contributed by atoms with Gasteiger partial charge < -0.3 is 14.8 Å². The topological polar surface area (TPSA) is 45.4 Å². The van der Waals surface area contributed by atoms with E-state index in [1.165, 1.54) is 0 Å². The minimum atomic E-state index is 0.196. The Labute approximate surface area is 112 Å². The largest absolute Gasteiger partial charge is 0.464 e. The Kier molecular flexibility index (Phi) is 4.69. The standard InChI is InChI=1S/C14H19NO2S/c1-10(14(8-16)18-2)15-7-11-9-17-13-6-4-3-5-12(11)13/h3-6,9-10,14-16H,7-8H2,1-2H3. The van der Waals surface area contributed by atoms with Gasteiger partial charge in [0.1, 0.15) is 5.58 Å². The van der Waals surface area contributed by atoms with E-state index in [1.807, 2.05) is 24.5 Å². The summed E-state index contributed by atoms with van der Waals surface area (Å²) in [6.45, 7) is 3.05. The molecule has 0 saturated heterocycles. The van der Waals surface area contributed by atoms with Crippen LogP contribution in [0.4, 0.5) is 0 Å². The maximum Gasteiger partial charge on any atom is 0.134 e. The molecule has 4 heteroatoms. The number of nitrogens with one attached hydrogen (secondary N) is 1. The smallest absolute Gasteiger partial charge is 0.134 e. The van der Waals surface area contributed by atoms with Crippen molar-refractivity contribution >= 4 is 22.7 Å². The van der Waals surface area contributed by atoms with Crippen LogP contribution in [-0.2, 0) is 6.54 Å². The fourth-order valence-electron chi connectivity index (χ4n) is 2.01. The van der Waals surface area contributed by atoms with Crippen LogP contribution in [0.2, 0.25) is 0 Å². The van der Waals surface area contributed by atoms with Crippen molar-refractivity contribution in [1.29, 1.82) is 0 Å². The zero-order chi connectivity index (χ0) is 13.0. The number of aliphatic hydroxyl groups excluding tert-OH is 1. The Morgan fingerprint density at radius 3 is 2.89 bits per heavy atom. The normalized spacial score (nSPS) is 14.8. The highest BCUT2D eigenvalue weighted by Crippen LogP contribution is 2.21. The third kappa shape index (κ3) is 2.88. The van der Waals surface area contributed by atoms with Crippen molar-refractivity contribution in [2.24, 2.45) is 0 Å². The molecular formula is C14H19NO2S. The fraction of sp³-hybridized carbons (Fsp3) is 0.429. The van der Waals surface area contributed by atoms with Crippen LogP contribution in [0.5, 0.6) is 0 Å². The molecule has 0 aliphatic heterocycles. The zero-order valence-corrected chi connectivity index (χ0v) is 11.5. The van der Waals surface area contributed by atoms with Crippen LogP contribution < -0.4 is 5.32 Å². The minimum absolute atomic E-state index is 0.196. The van der Waals surface area contributed by atoms with Gasteiger partial charge in [0.15, 0.2) is 0 Å². The molecule has 1 heterocycles. The average Bonchev–Trinajstić information content (AvgIpc) is 2.81. The van der Waals surface area contributed by atoms with Crippen LogP contribution in [0.3, 0.4) is 0 Å². The third-order valence-electron chi connectivity index (χ3n) is 3.22. The van der Waals surface area contributed by atoms with Crippen LogP contribution in [0, 0.1) is 0 Å². The number of aliphatic hydroxyl groups is 1. The van der Waals surface area contributed by atoms with E-state index < -0.39 is 0 Å². The van der Waals surface area contributed by atoms with Crippen molar-refractivity contribution in [2.75, 3.05) is 12.9 Å². The quantitative estimate of drug-likeness (QED) is 0.843. The predicted molar refractivity (Wildman–Crippen MR) is 76.9 cm³/mol. The number of benzene rings is 1. The summed E-state index contributed by atoms with van der Waals surface area (Å²) in [5, 5.41) is 14.1. The summed E-state index contributed by atoms with van der Waals surface area (Å²) in [4.78, 5) is 0. The monoisotopic (exact) mass is 265 g/mol. The van der Waals surface area contributed by atoms with Crippen LogP contribution in [0.25, 0.3) is 11.0 Å². The number of hydrogen-bond donors (Lipinski definition) is 2. The van der Waals surface area contributed by atoms with Gasteiger partial charge in [0.2, 0.25) is 0 Å². The van der Waals surface area contributed by atoms with Crippen LogP contribution in [0.15, 0.2) is 34.9 Å². The van der Waals surface area contributed by atoms with Gasteiger partial charge in [0.25, 0.3) is 0 Å². The van der Waals surface area contributed by atoms with E-state index >= 15 is 0 Å². The van der Waals surface area contributed by atoms with E-state index in [2.05, 4.69) is 18.3 Å². The van der Waals surface area contributed by atoms with Gasteiger partial charge in [-0.15, -0.1) is 0 Å². The number of rotatable bonds is 6. The number of hydrogen-bond acceptors (Lipinski definition) is 4. The SMILES string of the molecule is CSC(CO)C(C)NCc1coc2ccccc12. The van der Waals surface area contributed by atoms with E-state index in [-0.39, 0.29) is 17.9 Å². The number of para-hydroxylation sites is 1. The second-order valence-corrected chi connectivity index (χ2v) is 5.46.